The lowest BCUT2D eigenvalue weighted by Crippen LogP contribution is -2.38. The Kier molecular flexibility index (Phi) is 8.02. The third kappa shape index (κ3) is 5.72. The van der Waals surface area contributed by atoms with Crippen LogP contribution in [0.2, 0.25) is 5.02 Å². The average molecular weight is 533 g/mol. The largest absolute Gasteiger partial charge is 0.618 e. The third-order valence-electron chi connectivity index (χ3n) is 6.64. The van der Waals surface area contributed by atoms with Crippen molar-refractivity contribution >= 4 is 29.2 Å². The topological polar surface area (TPSA) is 82.3 Å². The molecule has 194 valence electrons. The smallest absolute Gasteiger partial charge is 0.337 e. The molecule has 4 rings (SSSR count). The molecule has 0 radical (unpaired) electrons. The molecule has 1 saturated carbocycles. The van der Waals surface area contributed by atoms with Crippen LogP contribution in [0.1, 0.15) is 59.6 Å². The number of hydrogen-bond donors (Lipinski definition) is 1. The number of anilines is 1. The van der Waals surface area contributed by atoms with E-state index in [9.17, 15) is 28.0 Å². The van der Waals surface area contributed by atoms with Gasteiger partial charge in [-0.25, -0.2) is 18.0 Å². The minimum absolute atomic E-state index is 0.0738. The van der Waals surface area contributed by atoms with Crippen LogP contribution in [0.15, 0.2) is 54.7 Å². The van der Waals surface area contributed by atoms with E-state index in [0.717, 1.165) is 37.6 Å². The predicted octanol–water partition coefficient (Wildman–Crippen LogP) is 6.42. The fraction of sp³-hybridized carbons (Fsp3) is 0.296. The number of aromatic nitrogens is 1. The Balaban J connectivity index is 1.65. The first-order valence-corrected chi connectivity index (χ1v) is 12.1. The number of ether oxygens (including phenoxy) is 1. The van der Waals surface area contributed by atoms with Gasteiger partial charge in [0.25, 0.3) is 6.43 Å². The molecule has 1 atom stereocenters. The van der Waals surface area contributed by atoms with E-state index in [-0.39, 0.29) is 22.2 Å². The molecule has 0 bridgehead atoms. The van der Waals surface area contributed by atoms with Crippen molar-refractivity contribution in [3.8, 4) is 11.1 Å². The van der Waals surface area contributed by atoms with Crippen LogP contribution >= 0.6 is 11.6 Å². The maximum atomic E-state index is 14.7. The number of methoxy groups -OCH3 is 1. The molecule has 3 aromatic rings. The van der Waals surface area contributed by atoms with E-state index in [0.29, 0.717) is 22.4 Å². The number of nitrogens with zero attached hydrogens (tertiary/aromatic N) is 1. The first-order valence-electron chi connectivity index (χ1n) is 11.7. The van der Waals surface area contributed by atoms with Gasteiger partial charge in [-0.1, -0.05) is 36.9 Å². The summed E-state index contributed by atoms with van der Waals surface area (Å²) in [7, 11) is 1.27. The van der Waals surface area contributed by atoms with E-state index in [4.69, 9.17) is 11.6 Å². The van der Waals surface area contributed by atoms with Crippen LogP contribution in [0.3, 0.4) is 0 Å². The van der Waals surface area contributed by atoms with Gasteiger partial charge in [-0.15, -0.1) is 0 Å². The minimum Gasteiger partial charge on any atom is -0.618 e. The van der Waals surface area contributed by atoms with Gasteiger partial charge in [0.1, 0.15) is 11.7 Å². The Hall–Kier alpha value is -3.59. The molecule has 10 heteroatoms. The molecule has 0 saturated heterocycles. The highest BCUT2D eigenvalue weighted by Gasteiger charge is 2.33. The Morgan fingerprint density at radius 3 is 2.41 bits per heavy atom. The predicted molar refractivity (Wildman–Crippen MR) is 132 cm³/mol. The Labute approximate surface area is 216 Å². The molecule has 1 aliphatic rings. The SMILES string of the molecule is COC(=O)c1ccc(NC(=O)[C@@H](CC2CCC2)c2ccc(-c3c(C(F)F)ccc(Cl)c3F)c[n+]2[O-])cc1. The van der Waals surface area contributed by atoms with Gasteiger partial charge in [-0.2, -0.15) is 4.73 Å². The van der Waals surface area contributed by atoms with Crippen molar-refractivity contribution in [3.05, 3.63) is 87.6 Å². The molecule has 1 N–H and O–H groups in total. The van der Waals surface area contributed by atoms with E-state index in [2.05, 4.69) is 10.1 Å². The molecule has 2 aromatic carbocycles. The van der Waals surface area contributed by atoms with Crippen molar-refractivity contribution in [2.45, 2.75) is 38.0 Å². The number of carbonyl (C=O) groups is 2. The Morgan fingerprint density at radius 1 is 1.14 bits per heavy atom. The van der Waals surface area contributed by atoms with Gasteiger partial charge in [0.05, 0.1) is 23.3 Å². The minimum atomic E-state index is -2.98. The number of alkyl halides is 2. The van der Waals surface area contributed by atoms with Crippen LogP contribution in [0.5, 0.6) is 0 Å². The number of rotatable bonds is 8. The van der Waals surface area contributed by atoms with Gasteiger partial charge in [-0.3, -0.25) is 4.79 Å². The van der Waals surface area contributed by atoms with E-state index in [1.54, 1.807) is 12.1 Å². The molecule has 0 unspecified atom stereocenters. The highest BCUT2D eigenvalue weighted by Crippen LogP contribution is 2.38. The number of hydrogen-bond acceptors (Lipinski definition) is 4. The summed E-state index contributed by atoms with van der Waals surface area (Å²) in [6.45, 7) is 0. The fourth-order valence-corrected chi connectivity index (χ4v) is 4.57. The second-order valence-electron chi connectivity index (χ2n) is 8.94. The number of amides is 1. The third-order valence-corrected chi connectivity index (χ3v) is 6.93. The van der Waals surface area contributed by atoms with Crippen molar-refractivity contribution in [3.63, 3.8) is 0 Å². The standard InChI is InChI=1S/C27H24ClF3N2O4/c1-37-27(35)16-5-8-18(9-6-16)32-26(34)20(13-15-3-2-4-15)22-12-7-17(14-33(22)36)23-19(25(30)31)10-11-21(28)24(23)29/h5-12,14-15,20,25H,2-4,13H2,1H3,(H,32,34)/t20-/m0/s1. The van der Waals surface area contributed by atoms with Gasteiger partial charge >= 0.3 is 5.97 Å². The van der Waals surface area contributed by atoms with E-state index in [1.807, 2.05) is 0 Å². The summed E-state index contributed by atoms with van der Waals surface area (Å²) in [5.74, 6) is -2.58. The number of esters is 1. The van der Waals surface area contributed by atoms with Crippen molar-refractivity contribution < 1.29 is 32.2 Å². The van der Waals surface area contributed by atoms with Crippen molar-refractivity contribution in [2.24, 2.45) is 5.92 Å². The van der Waals surface area contributed by atoms with Gasteiger partial charge in [0, 0.05) is 22.9 Å². The second-order valence-corrected chi connectivity index (χ2v) is 9.35. The van der Waals surface area contributed by atoms with E-state index < -0.39 is 41.2 Å². The van der Waals surface area contributed by atoms with Crippen molar-refractivity contribution in [1.29, 1.82) is 0 Å². The highest BCUT2D eigenvalue weighted by molar-refractivity contribution is 6.31. The van der Waals surface area contributed by atoms with Gasteiger partial charge < -0.3 is 15.3 Å². The monoisotopic (exact) mass is 532 g/mol. The van der Waals surface area contributed by atoms with E-state index >= 15 is 0 Å². The maximum absolute atomic E-state index is 14.7. The zero-order valence-electron chi connectivity index (χ0n) is 19.8. The summed E-state index contributed by atoms with van der Waals surface area (Å²) < 4.78 is 46.9. The quantitative estimate of drug-likeness (QED) is 0.206. The van der Waals surface area contributed by atoms with Crippen LogP contribution in [0.25, 0.3) is 11.1 Å². The molecular weight excluding hydrogens is 509 g/mol. The summed E-state index contributed by atoms with van der Waals surface area (Å²) in [5, 5.41) is 15.5. The molecule has 1 heterocycles. The molecule has 1 amide bonds. The lowest BCUT2D eigenvalue weighted by Gasteiger charge is -2.28. The molecule has 1 aromatic heterocycles. The van der Waals surface area contributed by atoms with Crippen LogP contribution in [0, 0.1) is 16.9 Å². The van der Waals surface area contributed by atoms with Gasteiger partial charge in [0.2, 0.25) is 11.6 Å². The molecule has 0 aliphatic heterocycles. The first-order chi connectivity index (χ1) is 17.7. The first kappa shape index (κ1) is 26.5. The molecule has 37 heavy (non-hydrogen) atoms. The highest BCUT2D eigenvalue weighted by atomic mass is 35.5. The Morgan fingerprint density at radius 2 is 1.84 bits per heavy atom. The van der Waals surface area contributed by atoms with Crippen LogP contribution in [-0.2, 0) is 9.53 Å². The molecule has 1 aliphatic carbocycles. The lowest BCUT2D eigenvalue weighted by atomic mass is 9.77. The van der Waals surface area contributed by atoms with Crippen LogP contribution in [-0.4, -0.2) is 19.0 Å². The van der Waals surface area contributed by atoms with Crippen molar-refractivity contribution in [2.75, 3.05) is 12.4 Å². The summed E-state index contributed by atoms with van der Waals surface area (Å²) in [5.41, 5.74) is -0.266. The van der Waals surface area contributed by atoms with E-state index in [1.165, 1.54) is 31.4 Å². The lowest BCUT2D eigenvalue weighted by molar-refractivity contribution is -0.614. The number of carbonyl (C=O) groups excluding carboxylic acids is 2. The van der Waals surface area contributed by atoms with Crippen LogP contribution in [0.4, 0.5) is 18.9 Å². The summed E-state index contributed by atoms with van der Waals surface area (Å²) in [6.07, 6.45) is 1.32. The number of nitrogens with one attached hydrogen (secondary N) is 1. The fourth-order valence-electron chi connectivity index (χ4n) is 4.41. The zero-order valence-corrected chi connectivity index (χ0v) is 20.6. The zero-order chi connectivity index (χ0) is 26.7. The molecule has 6 nitrogen and oxygen atoms in total. The molecular formula is C27H24ClF3N2O4. The number of halogens is 4. The van der Waals surface area contributed by atoms with Crippen molar-refractivity contribution in [1.82, 2.24) is 0 Å². The maximum Gasteiger partial charge on any atom is 0.337 e. The second kappa shape index (κ2) is 11.2. The molecule has 0 spiro atoms. The summed E-state index contributed by atoms with van der Waals surface area (Å²) >= 11 is 5.81. The normalized spacial score (nSPS) is 14.2. The average Bonchev–Trinajstić information content (AvgIpc) is 2.85. The van der Waals surface area contributed by atoms with Crippen LogP contribution < -0.4 is 10.0 Å². The summed E-state index contributed by atoms with van der Waals surface area (Å²) in [6, 6.07) is 10.9. The van der Waals surface area contributed by atoms with Gasteiger partial charge in [-0.05, 0) is 48.7 Å². The number of pyridine rings is 1. The summed E-state index contributed by atoms with van der Waals surface area (Å²) in [4.78, 5) is 24.9. The Bertz CT molecular complexity index is 1310. The molecule has 1 fully saturated rings. The van der Waals surface area contributed by atoms with Gasteiger partial charge in [0.15, 0.2) is 6.20 Å². The number of benzene rings is 2.